The lowest BCUT2D eigenvalue weighted by Crippen LogP contribution is -2.41. The number of nitrogens with one attached hydrogen (secondary N) is 1. The van der Waals surface area contributed by atoms with E-state index in [2.05, 4.69) is 5.32 Å². The van der Waals surface area contributed by atoms with Crippen LogP contribution in [0.2, 0.25) is 0 Å². The van der Waals surface area contributed by atoms with Crippen molar-refractivity contribution in [3.05, 3.63) is 70.8 Å². The Morgan fingerprint density at radius 3 is 2.58 bits per heavy atom. The van der Waals surface area contributed by atoms with Crippen LogP contribution in [-0.2, 0) is 23.0 Å². The Morgan fingerprint density at radius 1 is 1.06 bits per heavy atom. The fraction of sp³-hybridized carbons (Fsp3) is 0.458. The smallest absolute Gasteiger partial charge is 0.251 e. The quantitative estimate of drug-likeness (QED) is 0.719. The zero-order valence-electron chi connectivity index (χ0n) is 17.8. The van der Waals surface area contributed by atoms with E-state index in [0.29, 0.717) is 43.1 Å². The van der Waals surface area contributed by atoms with Crippen LogP contribution < -0.4 is 11.1 Å². The molecule has 1 aliphatic carbocycles. The van der Waals surface area contributed by atoms with Crippen molar-refractivity contribution in [1.82, 2.24) is 9.62 Å². The summed E-state index contributed by atoms with van der Waals surface area (Å²) in [5.74, 6) is 0.356. The highest BCUT2D eigenvalue weighted by molar-refractivity contribution is 7.89. The van der Waals surface area contributed by atoms with Gasteiger partial charge in [0.1, 0.15) is 5.37 Å². The Morgan fingerprint density at radius 2 is 1.81 bits per heavy atom. The Hall–Kier alpha value is -2.22. The molecule has 0 radical (unpaired) electrons. The molecule has 0 aromatic heterocycles. The van der Waals surface area contributed by atoms with Crippen molar-refractivity contribution in [3.8, 4) is 0 Å². The fourth-order valence-electron chi connectivity index (χ4n) is 4.61. The summed E-state index contributed by atoms with van der Waals surface area (Å²) < 4.78 is 27.9. The highest BCUT2D eigenvalue weighted by atomic mass is 32.2. The van der Waals surface area contributed by atoms with E-state index in [1.165, 1.54) is 29.1 Å². The molecule has 1 heterocycles. The second-order valence-corrected chi connectivity index (χ2v) is 10.7. The largest absolute Gasteiger partial charge is 0.352 e. The number of rotatable bonds is 6. The fourth-order valence-corrected chi connectivity index (χ4v) is 6.08. The predicted octanol–water partition coefficient (Wildman–Crippen LogP) is 3.34. The van der Waals surface area contributed by atoms with Gasteiger partial charge in [-0.15, -0.1) is 0 Å². The van der Waals surface area contributed by atoms with Gasteiger partial charge >= 0.3 is 0 Å². The third kappa shape index (κ3) is 5.00. The van der Waals surface area contributed by atoms with Gasteiger partial charge in [-0.1, -0.05) is 55.7 Å². The van der Waals surface area contributed by atoms with Crippen LogP contribution in [0.5, 0.6) is 0 Å². The van der Waals surface area contributed by atoms with Crippen molar-refractivity contribution in [2.24, 2.45) is 11.7 Å². The van der Waals surface area contributed by atoms with Crippen molar-refractivity contribution in [1.29, 1.82) is 0 Å². The molecule has 1 atom stereocenters. The molecular formula is C24H31N3O3S. The minimum Gasteiger partial charge on any atom is -0.352 e. The minimum absolute atomic E-state index is 0.177. The first-order valence-electron chi connectivity index (χ1n) is 11.1. The van der Waals surface area contributed by atoms with Crippen LogP contribution in [0.25, 0.3) is 0 Å². The number of sulfonamides is 1. The van der Waals surface area contributed by atoms with Gasteiger partial charge in [-0.3, -0.25) is 4.79 Å². The molecule has 1 aliphatic heterocycles. The SMILES string of the molecule is NC(c1cccc(C(=O)NCC2CCCCC2)c1)S(=O)(=O)N1CCc2ccccc2C1. The minimum atomic E-state index is -3.75. The summed E-state index contributed by atoms with van der Waals surface area (Å²) in [5, 5.41) is 1.80. The molecule has 1 fully saturated rings. The van der Waals surface area contributed by atoms with Gasteiger partial charge in [0.15, 0.2) is 0 Å². The van der Waals surface area contributed by atoms with Gasteiger partial charge in [0.25, 0.3) is 5.91 Å². The van der Waals surface area contributed by atoms with Crippen molar-refractivity contribution < 1.29 is 13.2 Å². The summed E-state index contributed by atoms with van der Waals surface area (Å²) >= 11 is 0. The second kappa shape index (κ2) is 9.51. The average Bonchev–Trinajstić information content (AvgIpc) is 2.82. The van der Waals surface area contributed by atoms with Gasteiger partial charge in [0.05, 0.1) is 0 Å². The Bertz CT molecular complexity index is 1030. The van der Waals surface area contributed by atoms with Crippen molar-refractivity contribution in [2.75, 3.05) is 13.1 Å². The Kier molecular flexibility index (Phi) is 6.74. The number of fused-ring (bicyclic) bond motifs is 1. The molecule has 1 unspecified atom stereocenters. The van der Waals surface area contributed by atoms with Crippen LogP contribution in [0.1, 0.15) is 64.5 Å². The number of amides is 1. The molecule has 1 amide bonds. The normalized spacial score (nSPS) is 18.9. The zero-order valence-corrected chi connectivity index (χ0v) is 18.6. The molecule has 6 nitrogen and oxygen atoms in total. The highest BCUT2D eigenvalue weighted by Crippen LogP contribution is 2.27. The van der Waals surface area contributed by atoms with Gasteiger partial charge in [-0.05, 0) is 54.0 Å². The second-order valence-electron chi connectivity index (χ2n) is 8.66. The topological polar surface area (TPSA) is 92.5 Å². The van der Waals surface area contributed by atoms with E-state index in [4.69, 9.17) is 5.73 Å². The molecule has 0 saturated heterocycles. The van der Waals surface area contributed by atoms with Gasteiger partial charge < -0.3 is 11.1 Å². The molecule has 0 bridgehead atoms. The van der Waals surface area contributed by atoms with Crippen LogP contribution in [0.4, 0.5) is 0 Å². The monoisotopic (exact) mass is 441 g/mol. The summed E-state index contributed by atoms with van der Waals surface area (Å²) in [7, 11) is -3.75. The number of carbonyl (C=O) groups excluding carboxylic acids is 1. The van der Waals surface area contributed by atoms with E-state index in [0.717, 1.165) is 18.4 Å². The Balaban J connectivity index is 1.44. The molecule has 4 rings (SSSR count). The summed E-state index contributed by atoms with van der Waals surface area (Å²) in [6.45, 7) is 1.41. The van der Waals surface area contributed by atoms with Crippen LogP contribution in [-0.4, -0.2) is 31.7 Å². The third-order valence-corrected chi connectivity index (χ3v) is 8.48. The van der Waals surface area contributed by atoms with Gasteiger partial charge in [-0.25, -0.2) is 8.42 Å². The number of nitrogens with two attached hydrogens (primary N) is 1. The van der Waals surface area contributed by atoms with Gasteiger partial charge in [0, 0.05) is 25.2 Å². The van der Waals surface area contributed by atoms with Crippen LogP contribution in [0.15, 0.2) is 48.5 Å². The third-order valence-electron chi connectivity index (χ3n) is 6.53. The van der Waals surface area contributed by atoms with Crippen molar-refractivity contribution >= 4 is 15.9 Å². The Labute approximate surface area is 184 Å². The van der Waals surface area contributed by atoms with Gasteiger partial charge in [-0.2, -0.15) is 4.31 Å². The molecule has 1 saturated carbocycles. The van der Waals surface area contributed by atoms with Crippen LogP contribution >= 0.6 is 0 Å². The maximum absolute atomic E-state index is 13.2. The standard InChI is InChI=1S/C24H31N3O3S/c25-23(31(29,30)27-14-13-19-9-4-5-10-22(19)17-27)20-11-6-12-21(15-20)24(28)26-16-18-7-2-1-3-8-18/h4-6,9-12,15,18,23H,1-3,7-8,13-14,16-17,25H2,(H,26,28). The van der Waals surface area contributed by atoms with E-state index in [9.17, 15) is 13.2 Å². The molecule has 166 valence electrons. The molecular weight excluding hydrogens is 410 g/mol. The maximum atomic E-state index is 13.2. The van der Waals surface area contributed by atoms with E-state index in [1.54, 1.807) is 24.3 Å². The zero-order chi connectivity index (χ0) is 21.8. The van der Waals surface area contributed by atoms with Crippen molar-refractivity contribution in [2.45, 2.75) is 50.4 Å². The number of hydrogen-bond acceptors (Lipinski definition) is 4. The van der Waals surface area contributed by atoms with Crippen LogP contribution in [0.3, 0.4) is 0 Å². The number of hydrogen-bond donors (Lipinski definition) is 2. The van der Waals surface area contributed by atoms with Crippen LogP contribution in [0, 0.1) is 5.92 Å². The number of nitrogens with zero attached hydrogens (tertiary/aromatic N) is 1. The molecule has 2 aromatic carbocycles. The van der Waals surface area contributed by atoms with Gasteiger partial charge in [0.2, 0.25) is 10.0 Å². The number of benzene rings is 2. The summed E-state index contributed by atoms with van der Waals surface area (Å²) in [6.07, 6.45) is 6.71. The summed E-state index contributed by atoms with van der Waals surface area (Å²) in [6, 6.07) is 14.6. The molecule has 3 N–H and O–H groups in total. The van der Waals surface area contributed by atoms with E-state index in [-0.39, 0.29) is 5.91 Å². The highest BCUT2D eigenvalue weighted by Gasteiger charge is 2.33. The molecule has 2 aliphatic rings. The molecule has 0 spiro atoms. The average molecular weight is 442 g/mol. The summed E-state index contributed by atoms with van der Waals surface area (Å²) in [4.78, 5) is 12.6. The first-order chi connectivity index (χ1) is 14.9. The molecule has 2 aromatic rings. The lowest BCUT2D eigenvalue weighted by atomic mass is 9.89. The predicted molar refractivity (Wildman–Crippen MR) is 122 cm³/mol. The maximum Gasteiger partial charge on any atom is 0.251 e. The van der Waals surface area contributed by atoms with E-state index >= 15 is 0 Å². The summed E-state index contributed by atoms with van der Waals surface area (Å²) in [5.41, 5.74) is 9.30. The molecule has 7 heteroatoms. The number of carbonyl (C=O) groups is 1. The van der Waals surface area contributed by atoms with E-state index < -0.39 is 15.4 Å². The first-order valence-corrected chi connectivity index (χ1v) is 12.6. The first kappa shape index (κ1) is 22.0. The lowest BCUT2D eigenvalue weighted by Gasteiger charge is -2.30. The van der Waals surface area contributed by atoms with E-state index in [1.807, 2.05) is 24.3 Å². The van der Waals surface area contributed by atoms with Crippen molar-refractivity contribution in [3.63, 3.8) is 0 Å². The lowest BCUT2D eigenvalue weighted by molar-refractivity contribution is 0.0943. The molecule has 31 heavy (non-hydrogen) atoms.